The zero-order valence-electron chi connectivity index (χ0n) is 8.81. The summed E-state index contributed by atoms with van der Waals surface area (Å²) in [6.45, 7) is 1.33. The van der Waals surface area contributed by atoms with E-state index in [1.165, 1.54) is 6.26 Å². The number of sulfone groups is 1. The molecule has 1 rings (SSSR count). The Bertz CT molecular complexity index is 343. The maximum absolute atomic E-state index is 11.0. The van der Waals surface area contributed by atoms with Gasteiger partial charge in [-0.1, -0.05) is 27.7 Å². The van der Waals surface area contributed by atoms with Crippen LogP contribution in [0.15, 0.2) is 4.99 Å². The van der Waals surface area contributed by atoms with Crippen LogP contribution in [0.1, 0.15) is 0 Å². The fraction of sp³-hybridized carbons (Fsp3) is 0.875. The average molecular weight is 315 g/mol. The van der Waals surface area contributed by atoms with Gasteiger partial charge in [-0.25, -0.2) is 8.42 Å². The first-order chi connectivity index (χ1) is 6.92. The SMILES string of the molecule is CN(CCS(C)(=O)=O)C1=NCC(CBr)S1. The number of rotatable bonds is 4. The fourth-order valence-electron chi connectivity index (χ4n) is 1.09. The van der Waals surface area contributed by atoms with Gasteiger partial charge in [-0.2, -0.15) is 0 Å². The molecule has 4 nitrogen and oxygen atoms in total. The minimum absolute atomic E-state index is 0.183. The predicted molar refractivity (Wildman–Crippen MR) is 69.8 cm³/mol. The van der Waals surface area contributed by atoms with Crippen LogP contribution in [0.3, 0.4) is 0 Å². The average Bonchev–Trinajstić information content (AvgIpc) is 2.61. The lowest BCUT2D eigenvalue weighted by molar-refractivity contribution is 0.535. The first kappa shape index (κ1) is 13.3. The van der Waals surface area contributed by atoms with Crippen LogP contribution >= 0.6 is 27.7 Å². The van der Waals surface area contributed by atoms with E-state index in [1.807, 2.05) is 11.9 Å². The minimum Gasteiger partial charge on any atom is -0.354 e. The molecule has 0 aliphatic carbocycles. The van der Waals surface area contributed by atoms with Crippen LogP contribution in [0.25, 0.3) is 0 Å². The van der Waals surface area contributed by atoms with Crippen molar-refractivity contribution in [3.05, 3.63) is 0 Å². The summed E-state index contributed by atoms with van der Waals surface area (Å²) >= 11 is 5.12. The Kier molecular flexibility index (Phi) is 4.92. The molecule has 88 valence electrons. The molecule has 7 heteroatoms. The van der Waals surface area contributed by atoms with E-state index < -0.39 is 9.84 Å². The van der Waals surface area contributed by atoms with Gasteiger partial charge in [0.1, 0.15) is 9.84 Å². The van der Waals surface area contributed by atoms with Crippen molar-refractivity contribution in [2.45, 2.75) is 5.25 Å². The van der Waals surface area contributed by atoms with Crippen LogP contribution in [0.5, 0.6) is 0 Å². The van der Waals surface area contributed by atoms with E-state index in [2.05, 4.69) is 20.9 Å². The zero-order valence-corrected chi connectivity index (χ0v) is 12.0. The molecule has 0 saturated heterocycles. The van der Waals surface area contributed by atoms with Gasteiger partial charge in [0, 0.05) is 30.4 Å². The van der Waals surface area contributed by atoms with Crippen molar-refractivity contribution >= 4 is 42.7 Å². The van der Waals surface area contributed by atoms with Crippen LogP contribution in [0.2, 0.25) is 0 Å². The maximum Gasteiger partial charge on any atom is 0.159 e. The molecule has 0 radical (unpaired) electrons. The Labute approximate surface area is 104 Å². The van der Waals surface area contributed by atoms with Gasteiger partial charge in [-0.15, -0.1) is 0 Å². The van der Waals surface area contributed by atoms with Crippen molar-refractivity contribution in [2.24, 2.45) is 4.99 Å². The van der Waals surface area contributed by atoms with Crippen molar-refractivity contribution in [2.75, 3.05) is 37.5 Å². The lowest BCUT2D eigenvalue weighted by Gasteiger charge is -2.17. The molecule has 15 heavy (non-hydrogen) atoms. The summed E-state index contributed by atoms with van der Waals surface area (Å²) in [6.07, 6.45) is 1.26. The molecule has 1 aliphatic rings. The third-order valence-corrected chi connectivity index (χ3v) is 5.43. The van der Waals surface area contributed by atoms with E-state index >= 15 is 0 Å². The van der Waals surface area contributed by atoms with Gasteiger partial charge in [-0.05, 0) is 0 Å². The lowest BCUT2D eigenvalue weighted by atomic mass is 10.5. The van der Waals surface area contributed by atoms with Gasteiger partial charge in [0.15, 0.2) is 5.17 Å². The fourth-order valence-corrected chi connectivity index (χ4v) is 3.23. The normalized spacial score (nSPS) is 21.5. The number of thioether (sulfide) groups is 1. The topological polar surface area (TPSA) is 49.7 Å². The summed E-state index contributed by atoms with van der Waals surface area (Å²) in [6, 6.07) is 0. The number of nitrogens with zero attached hydrogens (tertiary/aromatic N) is 2. The van der Waals surface area contributed by atoms with Crippen molar-refractivity contribution in [3.8, 4) is 0 Å². The van der Waals surface area contributed by atoms with Gasteiger partial charge in [0.2, 0.25) is 0 Å². The molecule has 1 aliphatic heterocycles. The lowest BCUT2D eigenvalue weighted by Crippen LogP contribution is -2.29. The highest BCUT2D eigenvalue weighted by atomic mass is 79.9. The molecular formula is C8H15BrN2O2S2. The summed E-state index contributed by atoms with van der Waals surface area (Å²) in [5.41, 5.74) is 0. The summed E-state index contributed by atoms with van der Waals surface area (Å²) in [5.74, 6) is 0.183. The Morgan fingerprint density at radius 2 is 2.33 bits per heavy atom. The molecule has 0 aromatic carbocycles. The van der Waals surface area contributed by atoms with E-state index in [1.54, 1.807) is 11.8 Å². The largest absolute Gasteiger partial charge is 0.354 e. The number of hydrogen-bond donors (Lipinski definition) is 0. The molecule has 1 atom stereocenters. The number of alkyl halides is 1. The summed E-state index contributed by atoms with van der Waals surface area (Å²) in [5, 5.41) is 2.36. The van der Waals surface area contributed by atoms with E-state index in [9.17, 15) is 8.42 Å². The standard InChI is InChI=1S/C8H15BrN2O2S2/c1-11(3-4-15(2,12)13)8-10-6-7(5-9)14-8/h7H,3-6H2,1-2H3. The smallest absolute Gasteiger partial charge is 0.159 e. The zero-order chi connectivity index (χ0) is 11.5. The highest BCUT2D eigenvalue weighted by Crippen LogP contribution is 2.23. The molecule has 1 heterocycles. The first-order valence-corrected chi connectivity index (χ1v) is 8.64. The van der Waals surface area contributed by atoms with Crippen molar-refractivity contribution in [1.29, 1.82) is 0 Å². The quantitative estimate of drug-likeness (QED) is 0.721. The molecule has 0 fully saturated rings. The van der Waals surface area contributed by atoms with Gasteiger partial charge >= 0.3 is 0 Å². The van der Waals surface area contributed by atoms with Crippen molar-refractivity contribution in [1.82, 2.24) is 4.90 Å². The Morgan fingerprint density at radius 1 is 1.67 bits per heavy atom. The third-order valence-electron chi connectivity index (χ3n) is 2.00. The number of aliphatic imine (C=N–C) groups is 1. The van der Waals surface area contributed by atoms with Gasteiger partial charge in [0.25, 0.3) is 0 Å². The Hall–Kier alpha value is 0.250. The van der Waals surface area contributed by atoms with Gasteiger partial charge in [0.05, 0.1) is 12.3 Å². The highest BCUT2D eigenvalue weighted by molar-refractivity contribution is 9.09. The molecule has 0 bridgehead atoms. The van der Waals surface area contributed by atoms with Crippen LogP contribution in [0.4, 0.5) is 0 Å². The maximum atomic E-state index is 11.0. The Balaban J connectivity index is 2.39. The van der Waals surface area contributed by atoms with Crippen LogP contribution in [-0.4, -0.2) is 61.2 Å². The molecule has 0 amide bonds. The minimum atomic E-state index is -2.88. The first-order valence-electron chi connectivity index (χ1n) is 4.58. The number of halogens is 1. The summed E-state index contributed by atoms with van der Waals surface area (Å²) in [4.78, 5) is 6.28. The second-order valence-electron chi connectivity index (χ2n) is 3.57. The number of amidine groups is 1. The molecule has 0 spiro atoms. The van der Waals surface area contributed by atoms with Crippen molar-refractivity contribution < 1.29 is 8.42 Å². The van der Waals surface area contributed by atoms with E-state index in [-0.39, 0.29) is 5.75 Å². The van der Waals surface area contributed by atoms with Crippen molar-refractivity contribution in [3.63, 3.8) is 0 Å². The molecule has 0 saturated carbocycles. The molecule has 0 aromatic heterocycles. The highest BCUT2D eigenvalue weighted by Gasteiger charge is 2.21. The second kappa shape index (κ2) is 5.54. The molecule has 1 unspecified atom stereocenters. The Morgan fingerprint density at radius 3 is 2.80 bits per heavy atom. The van der Waals surface area contributed by atoms with E-state index in [4.69, 9.17) is 0 Å². The van der Waals surface area contributed by atoms with E-state index in [0.29, 0.717) is 11.8 Å². The van der Waals surface area contributed by atoms with Crippen LogP contribution in [-0.2, 0) is 9.84 Å². The monoisotopic (exact) mass is 314 g/mol. The van der Waals surface area contributed by atoms with Crippen LogP contribution in [0, 0.1) is 0 Å². The second-order valence-corrected chi connectivity index (χ2v) is 7.74. The van der Waals surface area contributed by atoms with Gasteiger partial charge < -0.3 is 4.90 Å². The summed E-state index contributed by atoms with van der Waals surface area (Å²) in [7, 11) is -1.00. The number of hydrogen-bond acceptors (Lipinski definition) is 5. The molecular weight excluding hydrogens is 300 g/mol. The van der Waals surface area contributed by atoms with E-state index in [0.717, 1.165) is 17.0 Å². The molecule has 0 N–H and O–H groups in total. The molecule has 0 aromatic rings. The third kappa shape index (κ3) is 4.74. The summed E-state index contributed by atoms with van der Waals surface area (Å²) < 4.78 is 22.0. The van der Waals surface area contributed by atoms with Gasteiger partial charge in [-0.3, -0.25) is 4.99 Å². The predicted octanol–water partition coefficient (Wildman–Crippen LogP) is 0.829. The van der Waals surface area contributed by atoms with Crippen LogP contribution < -0.4 is 0 Å².